The summed E-state index contributed by atoms with van der Waals surface area (Å²) in [5.74, 6) is -0.473. The van der Waals surface area contributed by atoms with Gasteiger partial charge in [-0.3, -0.25) is 4.89 Å². The van der Waals surface area contributed by atoms with Crippen molar-refractivity contribution in [1.82, 2.24) is 0 Å². The average Bonchev–Trinajstić information content (AvgIpc) is 2.18. The minimum Gasteiger partial charge on any atom is -0.292 e. The molecule has 0 aliphatic heterocycles. The Morgan fingerprint density at radius 3 is 2.27 bits per heavy atom. The normalized spacial score (nSPS) is 10.5. The zero-order valence-electron chi connectivity index (χ0n) is 9.46. The van der Waals surface area contributed by atoms with Crippen molar-refractivity contribution in [3.05, 3.63) is 41.0 Å². The molecule has 0 N–H and O–H groups in total. The number of benzene rings is 1. The van der Waals surface area contributed by atoms with Gasteiger partial charge in [-0.1, -0.05) is 6.07 Å². The molecule has 0 atom stereocenters. The maximum atomic E-state index is 11.5. The van der Waals surface area contributed by atoms with Gasteiger partial charge in [-0.2, -0.15) is 4.89 Å². The summed E-state index contributed by atoms with van der Waals surface area (Å²) in [6, 6.07) is 5.39. The minimum atomic E-state index is -0.473. The van der Waals surface area contributed by atoms with E-state index in [0.29, 0.717) is 11.7 Å². The van der Waals surface area contributed by atoms with Crippen LogP contribution >= 0.6 is 0 Å². The third-order valence-corrected chi connectivity index (χ3v) is 2.03. The van der Waals surface area contributed by atoms with E-state index in [1.54, 1.807) is 26.0 Å². The molecule has 0 heterocycles. The first-order valence-electron chi connectivity index (χ1n) is 4.77. The van der Waals surface area contributed by atoms with Crippen molar-refractivity contribution in [2.24, 2.45) is 0 Å². The molecule has 0 fully saturated rings. The fourth-order valence-corrected chi connectivity index (χ4v) is 1.04. The van der Waals surface area contributed by atoms with Gasteiger partial charge in [0.1, 0.15) is 6.10 Å². The van der Waals surface area contributed by atoms with Gasteiger partial charge in [-0.05, 0) is 51.0 Å². The molecular weight excluding hydrogens is 192 g/mol. The molecule has 0 spiro atoms. The van der Waals surface area contributed by atoms with Crippen LogP contribution in [0.1, 0.15) is 35.3 Å². The van der Waals surface area contributed by atoms with Crippen molar-refractivity contribution in [3.8, 4) is 0 Å². The van der Waals surface area contributed by atoms with Crippen LogP contribution in [0.5, 0.6) is 0 Å². The Morgan fingerprint density at radius 2 is 1.73 bits per heavy atom. The lowest BCUT2D eigenvalue weighted by Crippen LogP contribution is -2.07. The van der Waals surface area contributed by atoms with Crippen LogP contribution in [0.4, 0.5) is 0 Å². The van der Waals surface area contributed by atoms with Gasteiger partial charge in [0, 0.05) is 0 Å². The fourth-order valence-electron chi connectivity index (χ4n) is 1.04. The van der Waals surface area contributed by atoms with E-state index in [2.05, 4.69) is 4.89 Å². The van der Waals surface area contributed by atoms with Crippen molar-refractivity contribution in [3.63, 3.8) is 0 Å². The van der Waals surface area contributed by atoms with Crippen LogP contribution in [0.15, 0.2) is 18.2 Å². The van der Waals surface area contributed by atoms with Gasteiger partial charge in [0.15, 0.2) is 0 Å². The second-order valence-electron chi connectivity index (χ2n) is 3.66. The van der Waals surface area contributed by atoms with E-state index >= 15 is 0 Å². The molecule has 0 aliphatic carbocycles. The maximum Gasteiger partial charge on any atom is 0.373 e. The molecule has 3 nitrogen and oxygen atoms in total. The van der Waals surface area contributed by atoms with Gasteiger partial charge in [-0.25, -0.2) is 4.79 Å². The van der Waals surface area contributed by atoms with Crippen LogP contribution in [-0.2, 0) is 9.78 Å². The lowest BCUT2D eigenvalue weighted by molar-refractivity contribution is -0.229. The van der Waals surface area contributed by atoms with Crippen LogP contribution < -0.4 is 0 Å². The van der Waals surface area contributed by atoms with Crippen molar-refractivity contribution < 1.29 is 14.6 Å². The summed E-state index contributed by atoms with van der Waals surface area (Å²) in [5.41, 5.74) is 2.70. The first-order chi connectivity index (χ1) is 7.00. The molecule has 0 aromatic heterocycles. The molecule has 0 unspecified atom stereocenters. The monoisotopic (exact) mass is 207 g/mol. The van der Waals surface area contributed by atoms with Crippen molar-refractivity contribution in [1.29, 1.82) is 0 Å². The summed E-state index contributed by atoms with van der Waals surface area (Å²) in [7, 11) is 0. The molecule has 0 bridgehead atoms. The van der Waals surface area contributed by atoms with Crippen molar-refractivity contribution >= 4 is 5.97 Å². The van der Waals surface area contributed by atoms with Crippen LogP contribution in [-0.4, -0.2) is 5.97 Å². The van der Waals surface area contributed by atoms with Crippen LogP contribution in [0, 0.1) is 20.0 Å². The van der Waals surface area contributed by atoms with E-state index in [9.17, 15) is 4.79 Å². The SMILES string of the molecule is C[C](C)OOC(=O)c1ccc(C)c(C)c1. The summed E-state index contributed by atoms with van der Waals surface area (Å²) in [6.45, 7) is 7.37. The van der Waals surface area contributed by atoms with Gasteiger partial charge in [0.25, 0.3) is 0 Å². The van der Waals surface area contributed by atoms with Gasteiger partial charge < -0.3 is 0 Å². The van der Waals surface area contributed by atoms with Crippen LogP contribution in [0.3, 0.4) is 0 Å². The van der Waals surface area contributed by atoms with E-state index in [4.69, 9.17) is 4.89 Å². The highest BCUT2D eigenvalue weighted by Gasteiger charge is 2.10. The average molecular weight is 207 g/mol. The lowest BCUT2D eigenvalue weighted by Gasteiger charge is -2.06. The lowest BCUT2D eigenvalue weighted by atomic mass is 10.1. The molecule has 1 aromatic rings. The predicted molar refractivity (Wildman–Crippen MR) is 57.0 cm³/mol. The molecule has 1 rings (SSSR count). The van der Waals surface area contributed by atoms with E-state index in [1.165, 1.54) is 0 Å². The van der Waals surface area contributed by atoms with Crippen LogP contribution in [0.25, 0.3) is 0 Å². The summed E-state index contributed by atoms with van der Waals surface area (Å²) in [6.07, 6.45) is 0.590. The maximum absolute atomic E-state index is 11.5. The summed E-state index contributed by atoms with van der Waals surface area (Å²) < 4.78 is 0. The second kappa shape index (κ2) is 4.94. The zero-order chi connectivity index (χ0) is 11.4. The number of carbonyl (C=O) groups excluding carboxylic acids is 1. The Labute approximate surface area is 89.9 Å². The highest BCUT2D eigenvalue weighted by molar-refractivity contribution is 5.89. The molecule has 0 aliphatic rings. The third-order valence-electron chi connectivity index (χ3n) is 2.03. The smallest absolute Gasteiger partial charge is 0.292 e. The Balaban J connectivity index is 2.70. The van der Waals surface area contributed by atoms with E-state index < -0.39 is 5.97 Å². The number of hydrogen-bond acceptors (Lipinski definition) is 3. The largest absolute Gasteiger partial charge is 0.373 e. The molecule has 81 valence electrons. The van der Waals surface area contributed by atoms with Crippen molar-refractivity contribution in [2.75, 3.05) is 0 Å². The zero-order valence-corrected chi connectivity index (χ0v) is 9.46. The molecular formula is C12H15O3. The summed E-state index contributed by atoms with van der Waals surface area (Å²) in [4.78, 5) is 20.8. The molecule has 0 saturated carbocycles. The fraction of sp³-hybridized carbons (Fsp3) is 0.333. The Morgan fingerprint density at radius 1 is 1.07 bits per heavy atom. The third kappa shape index (κ3) is 3.36. The van der Waals surface area contributed by atoms with E-state index in [0.717, 1.165) is 11.1 Å². The minimum absolute atomic E-state index is 0.473. The van der Waals surface area contributed by atoms with Gasteiger partial charge >= 0.3 is 5.97 Å². The Bertz CT molecular complexity index is 356. The molecule has 0 saturated heterocycles. The molecule has 3 heteroatoms. The Kier molecular flexibility index (Phi) is 3.86. The van der Waals surface area contributed by atoms with Gasteiger partial charge in [-0.15, -0.1) is 0 Å². The number of carbonyl (C=O) groups is 1. The van der Waals surface area contributed by atoms with Gasteiger partial charge in [0.05, 0.1) is 5.56 Å². The quantitative estimate of drug-likeness (QED) is 0.564. The van der Waals surface area contributed by atoms with E-state index in [-0.39, 0.29) is 0 Å². The predicted octanol–water partition coefficient (Wildman–Crippen LogP) is 2.96. The van der Waals surface area contributed by atoms with Crippen molar-refractivity contribution in [2.45, 2.75) is 27.7 Å². The number of rotatable bonds is 3. The first kappa shape index (κ1) is 11.7. The number of hydrogen-bond donors (Lipinski definition) is 0. The highest BCUT2D eigenvalue weighted by Crippen LogP contribution is 2.11. The Hall–Kier alpha value is -1.35. The van der Waals surface area contributed by atoms with Crippen LogP contribution in [0.2, 0.25) is 0 Å². The highest BCUT2D eigenvalue weighted by atomic mass is 17.2. The van der Waals surface area contributed by atoms with Gasteiger partial charge in [0.2, 0.25) is 0 Å². The molecule has 1 radical (unpaired) electrons. The molecule has 0 amide bonds. The molecule has 15 heavy (non-hydrogen) atoms. The number of aryl methyl sites for hydroxylation is 2. The topological polar surface area (TPSA) is 35.5 Å². The second-order valence-corrected chi connectivity index (χ2v) is 3.66. The molecule has 1 aromatic carbocycles. The first-order valence-corrected chi connectivity index (χ1v) is 4.77. The summed E-state index contributed by atoms with van der Waals surface area (Å²) >= 11 is 0. The standard InChI is InChI=1S/C12H15O3/c1-8(2)14-15-12(13)11-6-5-9(3)10(4)7-11/h5-7H,1-4H3. The summed E-state index contributed by atoms with van der Waals surface area (Å²) in [5, 5.41) is 0. The van der Waals surface area contributed by atoms with E-state index in [1.807, 2.05) is 19.9 Å².